The number of hydrogen-bond donors (Lipinski definition) is 2. The fourth-order valence-electron chi connectivity index (χ4n) is 1.84. The summed E-state index contributed by atoms with van der Waals surface area (Å²) in [6, 6.07) is 4.20. The molecule has 2 N–H and O–H groups in total. The van der Waals surface area contributed by atoms with Crippen molar-refractivity contribution in [3.8, 4) is 0 Å². The lowest BCUT2D eigenvalue weighted by molar-refractivity contribution is 1.21. The van der Waals surface area contributed by atoms with Gasteiger partial charge < -0.3 is 9.97 Å². The summed E-state index contributed by atoms with van der Waals surface area (Å²) in [6.45, 7) is 10.1. The Hall–Kier alpha value is -1.70. The first-order valence-electron chi connectivity index (χ1n) is 5.09. The molecule has 15 heavy (non-hydrogen) atoms. The number of aromatic amines is 2. The van der Waals surface area contributed by atoms with Gasteiger partial charge in [-0.05, 0) is 50.1 Å². The average Bonchev–Trinajstić information content (AvgIpc) is 2.58. The summed E-state index contributed by atoms with van der Waals surface area (Å²) in [5.74, 6) is 0. The fraction of sp³-hybridized carbons (Fsp3) is 0.231. The first kappa shape index (κ1) is 9.84. The molecule has 2 rings (SSSR count). The summed E-state index contributed by atoms with van der Waals surface area (Å²) in [5.41, 5.74) is 4.86. The molecule has 0 amide bonds. The lowest BCUT2D eigenvalue weighted by Crippen LogP contribution is -2.09. The van der Waals surface area contributed by atoms with E-state index in [0.717, 1.165) is 16.4 Å². The predicted octanol–water partition coefficient (Wildman–Crippen LogP) is 1.51. The SMILES string of the molecule is C=c1cc(C)/c(=C\c2[nH]c(C)cc2C)[nH]1. The summed E-state index contributed by atoms with van der Waals surface area (Å²) in [7, 11) is 0. The molecule has 78 valence electrons. The summed E-state index contributed by atoms with van der Waals surface area (Å²) < 4.78 is 0. The van der Waals surface area contributed by atoms with Crippen molar-refractivity contribution in [1.29, 1.82) is 0 Å². The summed E-state index contributed by atoms with van der Waals surface area (Å²) in [4.78, 5) is 6.58. The summed E-state index contributed by atoms with van der Waals surface area (Å²) in [6.07, 6.45) is 2.13. The second-order valence-corrected chi connectivity index (χ2v) is 4.08. The quantitative estimate of drug-likeness (QED) is 0.699. The Bertz CT molecular complexity index is 585. The molecule has 0 aliphatic heterocycles. The van der Waals surface area contributed by atoms with Gasteiger partial charge in [-0.1, -0.05) is 6.58 Å². The lowest BCUT2D eigenvalue weighted by Gasteiger charge is -1.90. The zero-order valence-electron chi connectivity index (χ0n) is 9.44. The van der Waals surface area contributed by atoms with Crippen molar-refractivity contribution in [2.24, 2.45) is 0 Å². The van der Waals surface area contributed by atoms with Gasteiger partial charge >= 0.3 is 0 Å². The third-order valence-corrected chi connectivity index (χ3v) is 2.59. The molecule has 0 aliphatic rings. The Morgan fingerprint density at radius 2 is 1.80 bits per heavy atom. The molecule has 0 saturated carbocycles. The first-order valence-corrected chi connectivity index (χ1v) is 5.09. The molecule has 2 heterocycles. The second-order valence-electron chi connectivity index (χ2n) is 4.08. The molecule has 0 atom stereocenters. The predicted molar refractivity (Wildman–Crippen MR) is 64.1 cm³/mol. The molecule has 2 aromatic heterocycles. The van der Waals surface area contributed by atoms with Gasteiger partial charge in [0.25, 0.3) is 0 Å². The van der Waals surface area contributed by atoms with Crippen molar-refractivity contribution in [3.63, 3.8) is 0 Å². The average molecular weight is 200 g/mol. The van der Waals surface area contributed by atoms with E-state index in [1.54, 1.807) is 0 Å². The molecule has 0 spiro atoms. The van der Waals surface area contributed by atoms with Crippen LogP contribution in [0, 0.1) is 20.8 Å². The van der Waals surface area contributed by atoms with Gasteiger partial charge in [-0.15, -0.1) is 0 Å². The minimum absolute atomic E-state index is 0.958. The molecule has 0 radical (unpaired) electrons. The smallest absolute Gasteiger partial charge is 0.0435 e. The van der Waals surface area contributed by atoms with Crippen molar-refractivity contribution in [1.82, 2.24) is 9.97 Å². The van der Waals surface area contributed by atoms with Crippen LogP contribution in [-0.4, -0.2) is 9.97 Å². The van der Waals surface area contributed by atoms with Crippen molar-refractivity contribution in [2.45, 2.75) is 20.8 Å². The highest BCUT2D eigenvalue weighted by Gasteiger charge is 1.99. The molecule has 2 heteroatoms. The minimum Gasteiger partial charge on any atom is -0.359 e. The minimum atomic E-state index is 0.958. The topological polar surface area (TPSA) is 31.6 Å². The van der Waals surface area contributed by atoms with Gasteiger partial charge in [0.05, 0.1) is 0 Å². The van der Waals surface area contributed by atoms with Crippen molar-refractivity contribution in [2.75, 3.05) is 0 Å². The van der Waals surface area contributed by atoms with Crippen LogP contribution in [0.2, 0.25) is 0 Å². The van der Waals surface area contributed by atoms with Crippen molar-refractivity contribution >= 4 is 12.7 Å². The summed E-state index contributed by atoms with van der Waals surface area (Å²) >= 11 is 0. The van der Waals surface area contributed by atoms with Crippen LogP contribution in [0.4, 0.5) is 0 Å². The van der Waals surface area contributed by atoms with Gasteiger partial charge in [0.2, 0.25) is 0 Å². The van der Waals surface area contributed by atoms with E-state index in [4.69, 9.17) is 0 Å². The van der Waals surface area contributed by atoms with E-state index < -0.39 is 0 Å². The van der Waals surface area contributed by atoms with Gasteiger partial charge in [-0.2, -0.15) is 0 Å². The highest BCUT2D eigenvalue weighted by molar-refractivity contribution is 5.50. The van der Waals surface area contributed by atoms with Crippen LogP contribution in [-0.2, 0) is 0 Å². The van der Waals surface area contributed by atoms with Crippen LogP contribution >= 0.6 is 0 Å². The number of H-pyrrole nitrogens is 2. The summed E-state index contributed by atoms with van der Waals surface area (Å²) in [5, 5.41) is 2.09. The number of hydrogen-bond acceptors (Lipinski definition) is 0. The Morgan fingerprint density at radius 3 is 2.27 bits per heavy atom. The standard InChI is InChI=1S/C13H16N2/c1-8-5-10(3)14-12(8)7-13-9(2)6-11(4)15-13/h5-7,14-15H,3H2,1-2,4H3/b12-7+. The number of aryl methyl sites for hydroxylation is 3. The van der Waals surface area contributed by atoms with E-state index in [0.29, 0.717) is 0 Å². The molecule has 0 aliphatic carbocycles. The Labute approximate surface area is 89.4 Å². The van der Waals surface area contributed by atoms with Crippen molar-refractivity contribution in [3.05, 3.63) is 45.3 Å². The molecule has 0 bridgehead atoms. The number of nitrogens with one attached hydrogen (secondary N) is 2. The van der Waals surface area contributed by atoms with Crippen LogP contribution in [0.15, 0.2) is 12.1 Å². The third kappa shape index (κ3) is 1.89. The fourth-order valence-corrected chi connectivity index (χ4v) is 1.84. The van der Waals surface area contributed by atoms with E-state index in [2.05, 4.69) is 55.5 Å². The first-order chi connectivity index (χ1) is 7.06. The van der Waals surface area contributed by atoms with E-state index in [9.17, 15) is 0 Å². The molecule has 2 aromatic rings. The third-order valence-electron chi connectivity index (χ3n) is 2.59. The van der Waals surface area contributed by atoms with E-state index in [1.165, 1.54) is 16.8 Å². The zero-order valence-corrected chi connectivity index (χ0v) is 9.44. The maximum Gasteiger partial charge on any atom is 0.0435 e. The largest absolute Gasteiger partial charge is 0.359 e. The Balaban J connectivity index is 2.60. The van der Waals surface area contributed by atoms with Gasteiger partial charge in [0.15, 0.2) is 0 Å². The van der Waals surface area contributed by atoms with Gasteiger partial charge in [0.1, 0.15) is 0 Å². The zero-order chi connectivity index (χ0) is 11.0. The molecule has 0 saturated heterocycles. The highest BCUT2D eigenvalue weighted by Crippen LogP contribution is 2.08. The monoisotopic (exact) mass is 200 g/mol. The van der Waals surface area contributed by atoms with E-state index in [-0.39, 0.29) is 0 Å². The van der Waals surface area contributed by atoms with Crippen LogP contribution in [0.5, 0.6) is 0 Å². The molecular formula is C13H16N2. The van der Waals surface area contributed by atoms with Crippen LogP contribution in [0.3, 0.4) is 0 Å². The van der Waals surface area contributed by atoms with Gasteiger partial charge in [-0.25, -0.2) is 0 Å². The van der Waals surface area contributed by atoms with Gasteiger partial charge in [0, 0.05) is 22.1 Å². The highest BCUT2D eigenvalue weighted by atomic mass is 14.7. The Kier molecular flexibility index (Phi) is 2.27. The van der Waals surface area contributed by atoms with Crippen LogP contribution in [0.1, 0.15) is 22.5 Å². The maximum atomic E-state index is 3.89. The van der Waals surface area contributed by atoms with E-state index in [1.807, 2.05) is 0 Å². The normalized spacial score (nSPS) is 12.3. The number of aromatic nitrogens is 2. The molecule has 0 fully saturated rings. The lowest BCUT2D eigenvalue weighted by atomic mass is 10.2. The van der Waals surface area contributed by atoms with E-state index >= 15 is 0 Å². The van der Waals surface area contributed by atoms with Gasteiger partial charge in [-0.3, -0.25) is 0 Å². The maximum absolute atomic E-state index is 3.89. The molecule has 2 nitrogen and oxygen atoms in total. The molecular weight excluding hydrogens is 184 g/mol. The van der Waals surface area contributed by atoms with Crippen LogP contribution < -0.4 is 10.7 Å². The molecule has 0 aromatic carbocycles. The molecule has 0 unspecified atom stereocenters. The van der Waals surface area contributed by atoms with Crippen molar-refractivity contribution < 1.29 is 0 Å². The van der Waals surface area contributed by atoms with Crippen LogP contribution in [0.25, 0.3) is 12.7 Å². The number of rotatable bonds is 1. The Morgan fingerprint density at radius 1 is 1.07 bits per heavy atom. The second kappa shape index (κ2) is 3.46.